The van der Waals surface area contributed by atoms with E-state index in [-0.39, 0.29) is 6.10 Å². The van der Waals surface area contributed by atoms with Gasteiger partial charge in [0.2, 0.25) is 0 Å². The summed E-state index contributed by atoms with van der Waals surface area (Å²) in [7, 11) is 0. The Morgan fingerprint density at radius 2 is 2.18 bits per heavy atom. The highest BCUT2D eigenvalue weighted by Gasteiger charge is 2.18. The smallest absolute Gasteiger partial charge is 0.191 e. The number of hydrogen-bond donors (Lipinski definition) is 2. The van der Waals surface area contributed by atoms with Crippen molar-refractivity contribution in [3.05, 3.63) is 12.2 Å². The van der Waals surface area contributed by atoms with E-state index in [1.165, 1.54) is 0 Å². The molecule has 158 valence electrons. The normalized spacial score (nSPS) is 22.4. The Balaban J connectivity index is 1.50. The minimum Gasteiger partial charge on any atom is -0.379 e. The van der Waals surface area contributed by atoms with Gasteiger partial charge in [0.25, 0.3) is 0 Å². The van der Waals surface area contributed by atoms with Gasteiger partial charge in [0, 0.05) is 51.8 Å². The molecule has 2 aliphatic heterocycles. The third-order valence-corrected chi connectivity index (χ3v) is 5.36. The van der Waals surface area contributed by atoms with Crippen LogP contribution >= 0.6 is 0 Å². The summed E-state index contributed by atoms with van der Waals surface area (Å²) < 4.78 is 13.3. The van der Waals surface area contributed by atoms with Gasteiger partial charge in [-0.05, 0) is 19.8 Å². The van der Waals surface area contributed by atoms with Crippen LogP contribution in [0.2, 0.25) is 0 Å². The summed E-state index contributed by atoms with van der Waals surface area (Å²) >= 11 is 0. The molecule has 2 unspecified atom stereocenters. The van der Waals surface area contributed by atoms with Gasteiger partial charge in [-0.25, -0.2) is 0 Å². The maximum absolute atomic E-state index is 5.73. The third-order valence-electron chi connectivity index (χ3n) is 5.36. The molecule has 2 N–H and O–H groups in total. The Kier molecular flexibility index (Phi) is 8.50. The summed E-state index contributed by atoms with van der Waals surface area (Å²) in [4.78, 5) is 7.28. The molecule has 2 fully saturated rings. The first-order valence-corrected chi connectivity index (χ1v) is 10.6. The number of guanidine groups is 1. The fourth-order valence-corrected chi connectivity index (χ4v) is 3.58. The molecule has 2 atom stereocenters. The van der Waals surface area contributed by atoms with E-state index in [0.29, 0.717) is 6.04 Å². The van der Waals surface area contributed by atoms with Gasteiger partial charge in [-0.3, -0.25) is 9.89 Å². The second-order valence-electron chi connectivity index (χ2n) is 7.42. The van der Waals surface area contributed by atoms with E-state index in [1.54, 1.807) is 6.33 Å². The van der Waals surface area contributed by atoms with E-state index in [0.717, 1.165) is 90.1 Å². The van der Waals surface area contributed by atoms with Gasteiger partial charge in [-0.15, -0.1) is 10.2 Å². The first-order chi connectivity index (χ1) is 13.8. The zero-order valence-electron chi connectivity index (χ0n) is 17.3. The van der Waals surface area contributed by atoms with Crippen molar-refractivity contribution in [2.75, 3.05) is 52.5 Å². The Bertz CT molecular complexity index is 595. The average Bonchev–Trinajstić information content (AvgIpc) is 3.41. The van der Waals surface area contributed by atoms with Crippen molar-refractivity contribution in [1.29, 1.82) is 0 Å². The van der Waals surface area contributed by atoms with E-state index in [1.807, 2.05) is 0 Å². The molecule has 0 radical (unpaired) electrons. The SMILES string of the molecule is CCc1nncn1CCNC(=NCC(C)N1CCOCC1)NCC1CCCO1. The summed E-state index contributed by atoms with van der Waals surface area (Å²) in [5, 5.41) is 15.1. The van der Waals surface area contributed by atoms with Gasteiger partial charge >= 0.3 is 0 Å². The van der Waals surface area contributed by atoms with Gasteiger partial charge in [-0.1, -0.05) is 6.92 Å². The van der Waals surface area contributed by atoms with Gasteiger partial charge in [-0.2, -0.15) is 0 Å². The second-order valence-corrected chi connectivity index (χ2v) is 7.42. The highest BCUT2D eigenvalue weighted by molar-refractivity contribution is 5.79. The Labute approximate surface area is 167 Å². The monoisotopic (exact) mass is 393 g/mol. The number of nitrogens with zero attached hydrogens (tertiary/aromatic N) is 5. The molecular weight excluding hydrogens is 358 g/mol. The van der Waals surface area contributed by atoms with E-state index < -0.39 is 0 Å². The van der Waals surface area contributed by atoms with Crippen LogP contribution in [0.4, 0.5) is 0 Å². The highest BCUT2D eigenvalue weighted by Crippen LogP contribution is 2.10. The van der Waals surface area contributed by atoms with Crippen molar-refractivity contribution in [3.63, 3.8) is 0 Å². The van der Waals surface area contributed by atoms with Crippen LogP contribution in [0.15, 0.2) is 11.3 Å². The predicted octanol–water partition coefficient (Wildman–Crippen LogP) is 0.275. The Hall–Kier alpha value is -1.71. The Morgan fingerprint density at radius 3 is 2.93 bits per heavy atom. The molecule has 0 amide bonds. The van der Waals surface area contributed by atoms with Crippen LogP contribution in [-0.4, -0.2) is 90.3 Å². The maximum atomic E-state index is 5.73. The lowest BCUT2D eigenvalue weighted by atomic mass is 10.2. The van der Waals surface area contributed by atoms with Gasteiger partial charge < -0.3 is 24.7 Å². The van der Waals surface area contributed by atoms with Crippen molar-refractivity contribution in [2.24, 2.45) is 4.99 Å². The lowest BCUT2D eigenvalue weighted by Crippen LogP contribution is -2.45. The summed E-state index contributed by atoms with van der Waals surface area (Å²) in [5.74, 6) is 1.86. The molecule has 3 heterocycles. The number of morpholine rings is 1. The van der Waals surface area contributed by atoms with E-state index >= 15 is 0 Å². The van der Waals surface area contributed by atoms with Crippen molar-refractivity contribution < 1.29 is 9.47 Å². The minimum absolute atomic E-state index is 0.285. The molecule has 0 saturated carbocycles. The van der Waals surface area contributed by atoms with Crippen LogP contribution in [0.1, 0.15) is 32.5 Å². The Morgan fingerprint density at radius 1 is 1.32 bits per heavy atom. The number of aryl methyl sites for hydroxylation is 1. The topological polar surface area (TPSA) is 88.8 Å². The number of aliphatic imine (C=N–C) groups is 1. The van der Waals surface area contributed by atoms with Gasteiger partial charge in [0.15, 0.2) is 5.96 Å². The maximum Gasteiger partial charge on any atom is 0.191 e. The number of hydrogen-bond acceptors (Lipinski definition) is 6. The van der Waals surface area contributed by atoms with E-state index in [4.69, 9.17) is 14.5 Å². The number of rotatable bonds is 9. The van der Waals surface area contributed by atoms with Crippen LogP contribution in [0.3, 0.4) is 0 Å². The molecule has 28 heavy (non-hydrogen) atoms. The molecule has 2 aliphatic rings. The van der Waals surface area contributed by atoms with Crippen LogP contribution < -0.4 is 10.6 Å². The van der Waals surface area contributed by atoms with Crippen molar-refractivity contribution in [2.45, 2.75) is 51.8 Å². The lowest BCUT2D eigenvalue weighted by molar-refractivity contribution is 0.0220. The van der Waals surface area contributed by atoms with Crippen LogP contribution in [-0.2, 0) is 22.4 Å². The fourth-order valence-electron chi connectivity index (χ4n) is 3.58. The first-order valence-electron chi connectivity index (χ1n) is 10.6. The molecule has 9 nitrogen and oxygen atoms in total. The molecule has 0 aromatic carbocycles. The zero-order chi connectivity index (χ0) is 19.6. The second kappa shape index (κ2) is 11.3. The fraction of sp³-hybridized carbons (Fsp3) is 0.842. The van der Waals surface area contributed by atoms with Crippen LogP contribution in [0.25, 0.3) is 0 Å². The summed E-state index contributed by atoms with van der Waals surface area (Å²) in [6, 6.07) is 0.398. The van der Waals surface area contributed by atoms with Crippen LogP contribution in [0.5, 0.6) is 0 Å². The molecule has 0 bridgehead atoms. The quantitative estimate of drug-likeness (QED) is 0.460. The predicted molar refractivity (Wildman–Crippen MR) is 109 cm³/mol. The van der Waals surface area contributed by atoms with Gasteiger partial charge in [0.1, 0.15) is 12.2 Å². The standard InChI is InChI=1S/C19H35N7O2/c1-3-18-24-23-15-26(18)7-6-20-19(22-14-17-5-4-10-28-17)21-13-16(2)25-8-11-27-12-9-25/h15-17H,3-14H2,1-2H3,(H2,20,21,22). The molecule has 9 heteroatoms. The molecule has 3 rings (SSSR count). The van der Waals surface area contributed by atoms with E-state index in [9.17, 15) is 0 Å². The summed E-state index contributed by atoms with van der Waals surface area (Å²) in [6.45, 7) is 11.9. The highest BCUT2D eigenvalue weighted by atomic mass is 16.5. The largest absolute Gasteiger partial charge is 0.379 e. The minimum atomic E-state index is 0.285. The number of aromatic nitrogens is 3. The average molecular weight is 394 g/mol. The van der Waals surface area contributed by atoms with Crippen molar-refractivity contribution in [1.82, 2.24) is 30.3 Å². The van der Waals surface area contributed by atoms with Gasteiger partial charge in [0.05, 0.1) is 25.9 Å². The van der Waals surface area contributed by atoms with Crippen molar-refractivity contribution >= 4 is 5.96 Å². The van der Waals surface area contributed by atoms with Crippen molar-refractivity contribution in [3.8, 4) is 0 Å². The molecule has 1 aromatic rings. The molecule has 0 aliphatic carbocycles. The number of ether oxygens (including phenoxy) is 2. The first kappa shape index (κ1) is 21.0. The third kappa shape index (κ3) is 6.42. The molecular formula is C19H35N7O2. The lowest BCUT2D eigenvalue weighted by Gasteiger charge is -2.31. The number of nitrogens with one attached hydrogen (secondary N) is 2. The van der Waals surface area contributed by atoms with E-state index in [2.05, 4.69) is 44.1 Å². The zero-order valence-corrected chi connectivity index (χ0v) is 17.3. The molecule has 1 aromatic heterocycles. The van der Waals surface area contributed by atoms with Crippen LogP contribution in [0, 0.1) is 0 Å². The molecule has 2 saturated heterocycles. The summed E-state index contributed by atoms with van der Waals surface area (Å²) in [5.41, 5.74) is 0. The summed E-state index contributed by atoms with van der Waals surface area (Å²) in [6.07, 6.45) is 5.22. The molecule has 0 spiro atoms.